The number of hydrogen-bond donors (Lipinski definition) is 0. The van der Waals surface area contributed by atoms with Crippen LogP contribution < -0.4 is 0 Å². The summed E-state index contributed by atoms with van der Waals surface area (Å²) in [6.07, 6.45) is 6.37. The van der Waals surface area contributed by atoms with E-state index in [1.54, 1.807) is 18.2 Å². The van der Waals surface area contributed by atoms with Gasteiger partial charge in [-0.3, -0.25) is 4.79 Å². The highest BCUT2D eigenvalue weighted by Gasteiger charge is 2.19. The summed E-state index contributed by atoms with van der Waals surface area (Å²) in [6, 6.07) is 5.27. The van der Waals surface area contributed by atoms with Crippen molar-refractivity contribution >= 4 is 56.5 Å². The Labute approximate surface area is 177 Å². The summed E-state index contributed by atoms with van der Waals surface area (Å²) >= 11 is 10.8. The summed E-state index contributed by atoms with van der Waals surface area (Å²) in [7, 11) is 0. The van der Waals surface area contributed by atoms with E-state index in [1.165, 1.54) is 28.3 Å². The van der Waals surface area contributed by atoms with Crippen molar-refractivity contribution in [1.29, 1.82) is 0 Å². The van der Waals surface area contributed by atoms with Crippen LogP contribution in [0.25, 0.3) is 6.08 Å². The molecule has 0 aromatic carbocycles. The number of thiophene rings is 1. The van der Waals surface area contributed by atoms with Gasteiger partial charge in [-0.1, -0.05) is 24.9 Å². The zero-order valence-corrected chi connectivity index (χ0v) is 17.9. The van der Waals surface area contributed by atoms with Gasteiger partial charge in [-0.05, 0) is 57.6 Å². The summed E-state index contributed by atoms with van der Waals surface area (Å²) in [5.41, 5.74) is 0. The Bertz CT molecular complexity index is 1050. The van der Waals surface area contributed by atoms with Crippen LogP contribution in [0.4, 0.5) is 5.82 Å². The number of nitrogens with zero attached hydrogens (tertiary/aromatic N) is 3. The lowest BCUT2D eigenvalue weighted by atomic mass is 10.2. The van der Waals surface area contributed by atoms with E-state index in [9.17, 15) is 14.9 Å². The molecule has 0 fully saturated rings. The van der Waals surface area contributed by atoms with E-state index < -0.39 is 10.7 Å². The minimum atomic E-state index is -0.643. The number of aromatic nitrogens is 2. The molecule has 3 heterocycles. The molecule has 7 nitrogen and oxygen atoms in total. The van der Waals surface area contributed by atoms with E-state index >= 15 is 0 Å². The van der Waals surface area contributed by atoms with Crippen molar-refractivity contribution in [3.8, 4) is 0 Å². The molecular weight excluding hydrogens is 470 g/mol. The van der Waals surface area contributed by atoms with Crippen molar-refractivity contribution in [1.82, 2.24) is 9.78 Å². The van der Waals surface area contributed by atoms with Crippen LogP contribution in [0, 0.1) is 10.1 Å². The Morgan fingerprint density at radius 1 is 1.50 bits per heavy atom. The van der Waals surface area contributed by atoms with Gasteiger partial charge in [0.2, 0.25) is 0 Å². The van der Waals surface area contributed by atoms with Crippen molar-refractivity contribution in [3.05, 3.63) is 71.4 Å². The second-order valence-electron chi connectivity index (χ2n) is 5.89. The lowest BCUT2D eigenvalue weighted by Crippen LogP contribution is -2.00. The highest BCUT2D eigenvalue weighted by molar-refractivity contribution is 9.10. The predicted octanol–water partition coefficient (Wildman–Crippen LogP) is 5.76. The first kappa shape index (κ1) is 20.5. The van der Waals surface area contributed by atoms with Gasteiger partial charge in [-0.2, -0.15) is 4.68 Å². The van der Waals surface area contributed by atoms with E-state index in [1.807, 2.05) is 6.07 Å². The number of furan rings is 1. The quantitative estimate of drug-likeness (QED) is 0.175. The number of rotatable bonds is 8. The van der Waals surface area contributed by atoms with Crippen LogP contribution in [-0.2, 0) is 13.0 Å². The Hall–Kier alpha value is -2.23. The second kappa shape index (κ2) is 8.85. The zero-order valence-electron chi connectivity index (χ0n) is 14.7. The number of carbonyl (C=O) groups excluding carboxylic acids is 1. The smallest absolute Gasteiger partial charge is 0.408 e. The number of halogens is 2. The standard InChI is InChI=1S/C18H15BrClN3O4S/c1-2-3-16-13(19)8-17(28-16)15(24)7-6-11-4-5-12(27-11)9-22-10-14(20)18(21-22)23(25)26/h4-8,10H,2-3,9H2,1H3/b7-6+. The second-order valence-corrected chi connectivity index (χ2v) is 8.29. The molecule has 146 valence electrons. The maximum absolute atomic E-state index is 12.4. The maximum atomic E-state index is 12.4. The number of nitro groups is 1. The van der Waals surface area contributed by atoms with Gasteiger partial charge in [-0.25, -0.2) is 0 Å². The Balaban J connectivity index is 1.67. The fourth-order valence-corrected chi connectivity index (χ4v) is 4.60. The van der Waals surface area contributed by atoms with Crippen LogP contribution in [0.3, 0.4) is 0 Å². The van der Waals surface area contributed by atoms with Gasteiger partial charge in [0.05, 0.1) is 16.2 Å². The first-order valence-corrected chi connectivity index (χ1v) is 10.3. The highest BCUT2D eigenvalue weighted by Crippen LogP contribution is 2.29. The molecular formula is C18H15BrClN3O4S. The molecule has 0 aliphatic rings. The maximum Gasteiger partial charge on any atom is 0.408 e. The minimum Gasteiger partial charge on any atom is -0.460 e. The van der Waals surface area contributed by atoms with Crippen molar-refractivity contribution in [2.24, 2.45) is 0 Å². The number of carbonyl (C=O) groups is 1. The average molecular weight is 485 g/mol. The first-order valence-electron chi connectivity index (χ1n) is 8.34. The minimum absolute atomic E-state index is 0.0353. The molecule has 3 aromatic rings. The predicted molar refractivity (Wildman–Crippen MR) is 111 cm³/mol. The molecule has 3 aromatic heterocycles. The molecule has 3 rings (SSSR count). The van der Waals surface area contributed by atoms with Gasteiger partial charge in [0, 0.05) is 9.35 Å². The molecule has 0 radical (unpaired) electrons. The molecule has 0 atom stereocenters. The summed E-state index contributed by atoms with van der Waals surface area (Å²) < 4.78 is 7.92. The number of aryl methyl sites for hydroxylation is 1. The molecule has 0 unspecified atom stereocenters. The van der Waals surface area contributed by atoms with E-state index in [4.69, 9.17) is 16.0 Å². The Kier molecular flexibility index (Phi) is 6.48. The fourth-order valence-electron chi connectivity index (χ4n) is 2.49. The molecule has 28 heavy (non-hydrogen) atoms. The van der Waals surface area contributed by atoms with Crippen LogP contribution in [0.15, 0.2) is 39.4 Å². The topological polar surface area (TPSA) is 91.2 Å². The molecule has 0 N–H and O–H groups in total. The summed E-state index contributed by atoms with van der Waals surface area (Å²) in [5.74, 6) is 0.537. The van der Waals surface area contributed by atoms with Gasteiger partial charge in [-0.15, -0.1) is 11.3 Å². The molecule has 0 bridgehead atoms. The van der Waals surface area contributed by atoms with Gasteiger partial charge in [0.15, 0.2) is 10.8 Å². The molecule has 0 aliphatic heterocycles. The molecule has 0 aliphatic carbocycles. The van der Waals surface area contributed by atoms with Crippen LogP contribution >= 0.6 is 38.9 Å². The SMILES string of the molecule is CCCc1sc(C(=O)/C=C/c2ccc(Cn3cc(Cl)c([N+](=O)[O-])n3)o2)cc1Br. The zero-order chi connectivity index (χ0) is 20.3. The van der Waals surface area contributed by atoms with Crippen molar-refractivity contribution in [3.63, 3.8) is 0 Å². The van der Waals surface area contributed by atoms with Gasteiger partial charge >= 0.3 is 5.82 Å². The third-order valence-corrected chi connectivity index (χ3v) is 6.19. The molecule has 10 heteroatoms. The Morgan fingerprint density at radius 3 is 2.96 bits per heavy atom. The van der Waals surface area contributed by atoms with Crippen molar-refractivity contribution < 1.29 is 14.1 Å². The number of allylic oxidation sites excluding steroid dienone is 1. The third-order valence-electron chi connectivity index (χ3n) is 3.75. The third kappa shape index (κ3) is 4.78. The lowest BCUT2D eigenvalue weighted by molar-refractivity contribution is -0.389. The van der Waals surface area contributed by atoms with Crippen LogP contribution in [0.2, 0.25) is 5.02 Å². The van der Waals surface area contributed by atoms with Crippen molar-refractivity contribution in [2.75, 3.05) is 0 Å². The number of ketones is 1. The monoisotopic (exact) mass is 483 g/mol. The van der Waals surface area contributed by atoms with Gasteiger partial charge < -0.3 is 14.5 Å². The number of hydrogen-bond acceptors (Lipinski definition) is 6. The van der Waals surface area contributed by atoms with Crippen molar-refractivity contribution in [2.45, 2.75) is 26.3 Å². The Morgan fingerprint density at radius 2 is 2.29 bits per heavy atom. The summed E-state index contributed by atoms with van der Waals surface area (Å²) in [5, 5.41) is 14.6. The van der Waals surface area contributed by atoms with E-state index in [-0.39, 0.29) is 17.4 Å². The van der Waals surface area contributed by atoms with Crippen LogP contribution in [-0.4, -0.2) is 20.5 Å². The molecule has 0 saturated heterocycles. The van der Waals surface area contributed by atoms with E-state index in [0.717, 1.165) is 22.2 Å². The lowest BCUT2D eigenvalue weighted by Gasteiger charge is -1.93. The molecule has 0 spiro atoms. The van der Waals surface area contributed by atoms with Gasteiger partial charge in [0.1, 0.15) is 18.1 Å². The highest BCUT2D eigenvalue weighted by atomic mass is 79.9. The van der Waals surface area contributed by atoms with Gasteiger partial charge in [0.25, 0.3) is 0 Å². The molecule has 0 saturated carbocycles. The summed E-state index contributed by atoms with van der Waals surface area (Å²) in [4.78, 5) is 24.3. The van der Waals surface area contributed by atoms with E-state index in [2.05, 4.69) is 28.0 Å². The van der Waals surface area contributed by atoms with E-state index in [0.29, 0.717) is 16.4 Å². The summed E-state index contributed by atoms with van der Waals surface area (Å²) in [6.45, 7) is 2.28. The first-order chi connectivity index (χ1) is 13.4. The largest absolute Gasteiger partial charge is 0.460 e. The average Bonchev–Trinajstić information content (AvgIpc) is 3.33. The normalized spacial score (nSPS) is 11.4. The molecule has 0 amide bonds. The van der Waals surface area contributed by atoms with Crippen LogP contribution in [0.5, 0.6) is 0 Å². The fraction of sp³-hybridized carbons (Fsp3) is 0.222. The van der Waals surface area contributed by atoms with Crippen LogP contribution in [0.1, 0.15) is 39.4 Å².